The SMILES string of the molecule is Cn1c(CC(=O)O)cn2c3cccc(Cl)c3nc12. The van der Waals surface area contributed by atoms with Crippen LogP contribution >= 0.6 is 11.6 Å². The highest BCUT2D eigenvalue weighted by atomic mass is 35.5. The van der Waals surface area contributed by atoms with E-state index in [1.54, 1.807) is 23.9 Å². The van der Waals surface area contributed by atoms with Gasteiger partial charge in [0.15, 0.2) is 0 Å². The summed E-state index contributed by atoms with van der Waals surface area (Å²) in [5, 5.41) is 9.44. The zero-order chi connectivity index (χ0) is 12.9. The van der Waals surface area contributed by atoms with Gasteiger partial charge in [-0.15, -0.1) is 0 Å². The molecular formula is C12H10ClN3O2. The van der Waals surface area contributed by atoms with Crippen LogP contribution in [0.25, 0.3) is 16.8 Å². The Hall–Kier alpha value is -2.01. The van der Waals surface area contributed by atoms with E-state index in [1.165, 1.54) is 0 Å². The molecule has 0 fully saturated rings. The Bertz CT molecular complexity index is 772. The molecule has 0 radical (unpaired) electrons. The molecule has 0 spiro atoms. The number of carbonyl (C=O) groups is 1. The molecule has 0 bridgehead atoms. The Morgan fingerprint density at radius 3 is 3.00 bits per heavy atom. The number of carboxylic acids is 1. The molecule has 5 nitrogen and oxygen atoms in total. The Labute approximate surface area is 107 Å². The molecule has 3 rings (SSSR count). The second-order valence-electron chi connectivity index (χ2n) is 4.14. The number of para-hydroxylation sites is 1. The molecule has 2 heterocycles. The minimum absolute atomic E-state index is 0.0259. The fraction of sp³-hybridized carbons (Fsp3) is 0.167. The number of hydrogen-bond acceptors (Lipinski definition) is 2. The van der Waals surface area contributed by atoms with E-state index in [1.807, 2.05) is 16.5 Å². The maximum atomic E-state index is 10.8. The Kier molecular flexibility index (Phi) is 2.31. The average Bonchev–Trinajstić information content (AvgIpc) is 2.80. The average molecular weight is 264 g/mol. The summed E-state index contributed by atoms with van der Waals surface area (Å²) in [6.45, 7) is 0. The Morgan fingerprint density at radius 2 is 2.28 bits per heavy atom. The molecule has 0 saturated heterocycles. The molecule has 0 atom stereocenters. The van der Waals surface area contributed by atoms with Gasteiger partial charge in [0.1, 0.15) is 5.52 Å². The predicted octanol–water partition coefficient (Wildman–Crippen LogP) is 2.11. The third-order valence-electron chi connectivity index (χ3n) is 2.99. The lowest BCUT2D eigenvalue weighted by atomic mass is 10.3. The molecule has 0 aliphatic rings. The van der Waals surface area contributed by atoms with Crippen molar-refractivity contribution >= 4 is 34.4 Å². The van der Waals surface area contributed by atoms with E-state index in [-0.39, 0.29) is 6.42 Å². The summed E-state index contributed by atoms with van der Waals surface area (Å²) in [5.41, 5.74) is 2.31. The third-order valence-corrected chi connectivity index (χ3v) is 3.30. The highest BCUT2D eigenvalue weighted by molar-refractivity contribution is 6.35. The highest BCUT2D eigenvalue weighted by Gasteiger charge is 2.14. The van der Waals surface area contributed by atoms with Crippen molar-refractivity contribution in [3.05, 3.63) is 35.1 Å². The van der Waals surface area contributed by atoms with Crippen molar-refractivity contribution in [2.45, 2.75) is 6.42 Å². The topological polar surface area (TPSA) is 59.5 Å². The quantitative estimate of drug-likeness (QED) is 0.770. The number of fused-ring (bicyclic) bond motifs is 3. The molecule has 1 N–H and O–H groups in total. The van der Waals surface area contributed by atoms with Crippen molar-refractivity contribution in [1.82, 2.24) is 14.0 Å². The van der Waals surface area contributed by atoms with Gasteiger partial charge >= 0.3 is 5.97 Å². The van der Waals surface area contributed by atoms with Gasteiger partial charge in [-0.25, -0.2) is 4.98 Å². The lowest BCUT2D eigenvalue weighted by Crippen LogP contribution is -2.05. The van der Waals surface area contributed by atoms with Gasteiger partial charge in [-0.2, -0.15) is 0 Å². The van der Waals surface area contributed by atoms with Crippen LogP contribution in [0.5, 0.6) is 0 Å². The molecular weight excluding hydrogens is 254 g/mol. The summed E-state index contributed by atoms with van der Waals surface area (Å²) in [4.78, 5) is 15.2. The van der Waals surface area contributed by atoms with Crippen LogP contribution in [0.3, 0.4) is 0 Å². The van der Waals surface area contributed by atoms with Crippen LogP contribution in [0.2, 0.25) is 5.02 Å². The molecule has 2 aromatic heterocycles. The molecule has 3 aromatic rings. The van der Waals surface area contributed by atoms with Crippen LogP contribution in [-0.4, -0.2) is 25.0 Å². The monoisotopic (exact) mass is 263 g/mol. The van der Waals surface area contributed by atoms with Crippen LogP contribution in [0.4, 0.5) is 0 Å². The van der Waals surface area contributed by atoms with Crippen LogP contribution < -0.4 is 0 Å². The van der Waals surface area contributed by atoms with Crippen molar-refractivity contribution in [2.75, 3.05) is 0 Å². The second kappa shape index (κ2) is 3.74. The van der Waals surface area contributed by atoms with E-state index in [9.17, 15) is 4.79 Å². The molecule has 1 aromatic carbocycles. The molecule has 0 unspecified atom stereocenters. The Morgan fingerprint density at radius 1 is 1.50 bits per heavy atom. The van der Waals surface area contributed by atoms with E-state index >= 15 is 0 Å². The fourth-order valence-corrected chi connectivity index (χ4v) is 2.33. The number of aryl methyl sites for hydroxylation is 1. The second-order valence-corrected chi connectivity index (χ2v) is 4.55. The normalized spacial score (nSPS) is 11.4. The summed E-state index contributed by atoms with van der Waals surface area (Å²) < 4.78 is 3.63. The first-order valence-electron chi connectivity index (χ1n) is 5.40. The smallest absolute Gasteiger partial charge is 0.309 e. The summed E-state index contributed by atoms with van der Waals surface area (Å²) in [6, 6.07) is 5.54. The Balaban J connectivity index is 2.32. The van der Waals surface area contributed by atoms with Gasteiger partial charge in [0, 0.05) is 18.9 Å². The number of imidazole rings is 2. The van der Waals surface area contributed by atoms with E-state index in [4.69, 9.17) is 16.7 Å². The summed E-state index contributed by atoms with van der Waals surface area (Å²) >= 11 is 6.08. The van der Waals surface area contributed by atoms with Crippen LogP contribution in [0.15, 0.2) is 24.4 Å². The third kappa shape index (κ3) is 1.48. The first-order valence-corrected chi connectivity index (χ1v) is 5.78. The zero-order valence-electron chi connectivity index (χ0n) is 9.59. The molecule has 0 saturated carbocycles. The minimum Gasteiger partial charge on any atom is -0.481 e. The summed E-state index contributed by atoms with van der Waals surface area (Å²) in [6.07, 6.45) is 1.76. The van der Waals surface area contributed by atoms with Crippen molar-refractivity contribution in [1.29, 1.82) is 0 Å². The van der Waals surface area contributed by atoms with E-state index in [0.29, 0.717) is 16.5 Å². The van der Waals surface area contributed by atoms with Gasteiger partial charge in [0.05, 0.1) is 17.0 Å². The number of rotatable bonds is 2. The number of aromatic nitrogens is 3. The number of aliphatic carboxylic acids is 1. The van der Waals surface area contributed by atoms with Crippen molar-refractivity contribution < 1.29 is 9.90 Å². The van der Waals surface area contributed by atoms with Gasteiger partial charge < -0.3 is 9.67 Å². The molecule has 0 amide bonds. The lowest BCUT2D eigenvalue weighted by Gasteiger charge is -1.97. The largest absolute Gasteiger partial charge is 0.481 e. The van der Waals surface area contributed by atoms with E-state index in [2.05, 4.69) is 4.98 Å². The van der Waals surface area contributed by atoms with Crippen molar-refractivity contribution in [2.24, 2.45) is 7.05 Å². The van der Waals surface area contributed by atoms with Crippen molar-refractivity contribution in [3.8, 4) is 0 Å². The van der Waals surface area contributed by atoms with E-state index < -0.39 is 5.97 Å². The van der Waals surface area contributed by atoms with Crippen LogP contribution in [-0.2, 0) is 18.3 Å². The summed E-state index contributed by atoms with van der Waals surface area (Å²) in [5.74, 6) is -0.171. The molecule has 0 aliphatic carbocycles. The number of benzene rings is 1. The van der Waals surface area contributed by atoms with Gasteiger partial charge in [0.25, 0.3) is 0 Å². The lowest BCUT2D eigenvalue weighted by molar-refractivity contribution is -0.136. The van der Waals surface area contributed by atoms with Crippen molar-refractivity contribution in [3.63, 3.8) is 0 Å². The number of carboxylic acid groups (broad SMARTS) is 1. The minimum atomic E-state index is -0.860. The van der Waals surface area contributed by atoms with Crippen LogP contribution in [0.1, 0.15) is 5.69 Å². The molecule has 0 aliphatic heterocycles. The molecule has 92 valence electrons. The molecule has 18 heavy (non-hydrogen) atoms. The zero-order valence-corrected chi connectivity index (χ0v) is 10.3. The summed E-state index contributed by atoms with van der Waals surface area (Å²) in [7, 11) is 1.80. The first kappa shape index (κ1) is 11.1. The maximum Gasteiger partial charge on any atom is 0.309 e. The first-order chi connectivity index (χ1) is 8.58. The highest BCUT2D eigenvalue weighted by Crippen LogP contribution is 2.25. The van der Waals surface area contributed by atoms with Crippen LogP contribution in [0, 0.1) is 0 Å². The maximum absolute atomic E-state index is 10.8. The number of nitrogens with zero attached hydrogens (tertiary/aromatic N) is 3. The van der Waals surface area contributed by atoms with Gasteiger partial charge in [0.2, 0.25) is 5.78 Å². The van der Waals surface area contributed by atoms with Gasteiger partial charge in [-0.1, -0.05) is 17.7 Å². The standard InChI is InChI=1S/C12H10ClN3O2/c1-15-7(5-10(17)18)6-16-9-4-2-3-8(13)11(9)14-12(15)16/h2-4,6H,5H2,1H3,(H,17,18). The predicted molar refractivity (Wildman–Crippen MR) is 68.0 cm³/mol. The van der Waals surface area contributed by atoms with Gasteiger partial charge in [-0.05, 0) is 12.1 Å². The molecule has 6 heteroatoms. The van der Waals surface area contributed by atoms with Gasteiger partial charge in [-0.3, -0.25) is 9.20 Å². The number of hydrogen-bond donors (Lipinski definition) is 1. The van der Waals surface area contributed by atoms with E-state index in [0.717, 1.165) is 11.0 Å². The fourth-order valence-electron chi connectivity index (χ4n) is 2.12. The number of halogens is 1.